The van der Waals surface area contributed by atoms with Crippen LogP contribution in [0.1, 0.15) is 5.56 Å². The highest BCUT2D eigenvalue weighted by atomic mass is 32.2. The number of benzene rings is 1. The van der Waals surface area contributed by atoms with E-state index in [2.05, 4.69) is 0 Å². The molecule has 1 aromatic carbocycles. The summed E-state index contributed by atoms with van der Waals surface area (Å²) in [6.07, 6.45) is 3.31. The highest BCUT2D eigenvalue weighted by molar-refractivity contribution is 8.02. The van der Waals surface area contributed by atoms with Crippen LogP contribution in [0.25, 0.3) is 6.08 Å². The van der Waals surface area contributed by atoms with Crippen molar-refractivity contribution in [2.24, 2.45) is 0 Å². The topological polar surface area (TPSA) is 37.3 Å². The lowest BCUT2D eigenvalue weighted by molar-refractivity contribution is -0.132. The average molecular weight is 204 g/mol. The summed E-state index contributed by atoms with van der Waals surface area (Å²) in [5.74, 6) is -0.890. The minimum atomic E-state index is -0.890. The van der Waals surface area contributed by atoms with Crippen LogP contribution in [-0.2, 0) is 4.79 Å². The molecule has 0 bridgehead atoms. The molecule has 0 spiro atoms. The van der Waals surface area contributed by atoms with Gasteiger partial charge in [-0.2, -0.15) is 0 Å². The maximum Gasteiger partial charge on any atom is 0.335 e. The van der Waals surface area contributed by atoms with E-state index < -0.39 is 5.97 Å². The van der Waals surface area contributed by atoms with Crippen LogP contribution in [-0.4, -0.2) is 11.1 Å². The lowest BCUT2D eigenvalue weighted by Crippen LogP contribution is -1.96. The van der Waals surface area contributed by atoms with Gasteiger partial charge in [0, 0.05) is 4.90 Å². The number of fused-ring (bicyclic) bond motifs is 1. The zero-order chi connectivity index (χ0) is 9.97. The van der Waals surface area contributed by atoms with Gasteiger partial charge in [0.15, 0.2) is 0 Å². The maximum absolute atomic E-state index is 10.8. The molecule has 1 N–H and O–H groups in total. The fraction of sp³-hybridized carbons (Fsp3) is 0. The van der Waals surface area contributed by atoms with Gasteiger partial charge in [-0.3, -0.25) is 0 Å². The fourth-order valence-electron chi connectivity index (χ4n) is 1.24. The van der Waals surface area contributed by atoms with Gasteiger partial charge in [0.25, 0.3) is 0 Å². The largest absolute Gasteiger partial charge is 0.478 e. The maximum atomic E-state index is 10.8. The molecule has 0 aromatic heterocycles. The summed E-state index contributed by atoms with van der Waals surface area (Å²) in [6.45, 7) is 0. The summed E-state index contributed by atoms with van der Waals surface area (Å²) in [5.41, 5.74) is 1.28. The third-order valence-corrected chi connectivity index (χ3v) is 2.82. The van der Waals surface area contributed by atoms with Crippen molar-refractivity contribution < 1.29 is 9.90 Å². The van der Waals surface area contributed by atoms with E-state index in [0.717, 1.165) is 10.5 Å². The first-order valence-electron chi connectivity index (χ1n) is 4.14. The quantitative estimate of drug-likeness (QED) is 0.764. The second kappa shape index (κ2) is 3.72. The molecule has 1 aliphatic heterocycles. The van der Waals surface area contributed by atoms with E-state index >= 15 is 0 Å². The first kappa shape index (κ1) is 9.09. The lowest BCUT2D eigenvalue weighted by Gasteiger charge is -1.99. The van der Waals surface area contributed by atoms with Crippen molar-refractivity contribution in [2.45, 2.75) is 4.90 Å². The van der Waals surface area contributed by atoms with E-state index in [-0.39, 0.29) is 0 Å². The van der Waals surface area contributed by atoms with Crippen LogP contribution in [0.2, 0.25) is 0 Å². The smallest absolute Gasteiger partial charge is 0.335 e. The highest BCUT2D eigenvalue weighted by Crippen LogP contribution is 2.28. The Labute approximate surface area is 85.9 Å². The van der Waals surface area contributed by atoms with E-state index in [9.17, 15) is 4.79 Å². The van der Waals surface area contributed by atoms with E-state index in [4.69, 9.17) is 5.11 Å². The molecule has 0 radical (unpaired) electrons. The molecule has 1 heterocycles. The van der Waals surface area contributed by atoms with Crippen LogP contribution in [0, 0.1) is 0 Å². The Balaban J connectivity index is 2.51. The van der Waals surface area contributed by atoms with Gasteiger partial charge in [0.1, 0.15) is 0 Å². The van der Waals surface area contributed by atoms with Gasteiger partial charge < -0.3 is 5.11 Å². The fourth-order valence-corrected chi connectivity index (χ4v) is 2.02. The van der Waals surface area contributed by atoms with Gasteiger partial charge in [-0.15, -0.1) is 0 Å². The Morgan fingerprint density at radius 1 is 1.29 bits per heavy atom. The Morgan fingerprint density at radius 2 is 2.07 bits per heavy atom. The summed E-state index contributed by atoms with van der Waals surface area (Å²) >= 11 is 1.53. The van der Waals surface area contributed by atoms with Gasteiger partial charge in [-0.05, 0) is 29.2 Å². The molecule has 2 rings (SSSR count). The van der Waals surface area contributed by atoms with Gasteiger partial charge in [0.2, 0.25) is 0 Å². The molecule has 0 saturated carbocycles. The minimum Gasteiger partial charge on any atom is -0.478 e. The molecule has 0 saturated heterocycles. The molecule has 3 heteroatoms. The Kier molecular flexibility index (Phi) is 2.41. The van der Waals surface area contributed by atoms with Crippen LogP contribution in [0.5, 0.6) is 0 Å². The number of carboxylic acids is 1. The van der Waals surface area contributed by atoms with Gasteiger partial charge in [-0.1, -0.05) is 30.0 Å². The van der Waals surface area contributed by atoms with Crippen molar-refractivity contribution >= 4 is 23.8 Å². The highest BCUT2D eigenvalue weighted by Gasteiger charge is 2.08. The molecular formula is C11H8O2S. The summed E-state index contributed by atoms with van der Waals surface area (Å²) in [6, 6.07) is 7.74. The second-order valence-electron chi connectivity index (χ2n) is 2.86. The number of thioether (sulfide) groups is 1. The predicted octanol–water partition coefficient (Wildman–Crippen LogP) is 2.77. The van der Waals surface area contributed by atoms with E-state index in [0.29, 0.717) is 5.57 Å². The Morgan fingerprint density at radius 3 is 2.86 bits per heavy atom. The zero-order valence-electron chi connectivity index (χ0n) is 7.31. The monoisotopic (exact) mass is 204 g/mol. The molecule has 14 heavy (non-hydrogen) atoms. The Bertz CT molecular complexity index is 433. The van der Waals surface area contributed by atoms with Crippen LogP contribution in [0.3, 0.4) is 0 Å². The SMILES string of the molecule is O=C(O)C1=Cc2ccccc2SC=C1. The molecule has 1 aliphatic rings. The number of carboxylic acid groups (broad SMARTS) is 1. The number of hydrogen-bond donors (Lipinski definition) is 1. The molecule has 0 aliphatic carbocycles. The first-order chi connectivity index (χ1) is 6.77. The normalized spacial score (nSPS) is 14.1. The molecule has 1 aromatic rings. The third kappa shape index (κ3) is 1.72. The number of rotatable bonds is 1. The second-order valence-corrected chi connectivity index (χ2v) is 3.81. The predicted molar refractivity (Wildman–Crippen MR) is 57.1 cm³/mol. The first-order valence-corrected chi connectivity index (χ1v) is 5.02. The number of carbonyl (C=O) groups is 1. The molecular weight excluding hydrogens is 196 g/mol. The molecule has 0 atom stereocenters. The van der Waals surface area contributed by atoms with Crippen molar-refractivity contribution in [3.8, 4) is 0 Å². The van der Waals surface area contributed by atoms with Crippen LogP contribution >= 0.6 is 11.8 Å². The van der Waals surface area contributed by atoms with Crippen LogP contribution in [0.4, 0.5) is 0 Å². The standard InChI is InChI=1S/C11H8O2S/c12-11(13)9-5-6-14-10-4-2-1-3-8(10)7-9/h1-7H,(H,12,13). The summed E-state index contributed by atoms with van der Waals surface area (Å²) < 4.78 is 0. The molecule has 0 unspecified atom stereocenters. The zero-order valence-corrected chi connectivity index (χ0v) is 8.12. The van der Waals surface area contributed by atoms with E-state index in [1.54, 1.807) is 17.6 Å². The number of hydrogen-bond acceptors (Lipinski definition) is 2. The molecule has 70 valence electrons. The average Bonchev–Trinajstić information content (AvgIpc) is 2.39. The molecule has 0 amide bonds. The van der Waals surface area contributed by atoms with Crippen LogP contribution in [0.15, 0.2) is 46.2 Å². The van der Waals surface area contributed by atoms with E-state index in [1.807, 2.05) is 24.3 Å². The van der Waals surface area contributed by atoms with Crippen LogP contribution < -0.4 is 0 Å². The summed E-state index contributed by atoms with van der Waals surface area (Å²) in [4.78, 5) is 11.9. The van der Waals surface area contributed by atoms with Crippen molar-refractivity contribution in [2.75, 3.05) is 0 Å². The van der Waals surface area contributed by atoms with Crippen molar-refractivity contribution in [1.82, 2.24) is 0 Å². The van der Waals surface area contributed by atoms with Crippen molar-refractivity contribution in [1.29, 1.82) is 0 Å². The van der Waals surface area contributed by atoms with Crippen molar-refractivity contribution in [3.63, 3.8) is 0 Å². The van der Waals surface area contributed by atoms with E-state index in [1.165, 1.54) is 11.8 Å². The lowest BCUT2D eigenvalue weighted by atomic mass is 10.1. The van der Waals surface area contributed by atoms with Gasteiger partial charge in [0.05, 0.1) is 5.57 Å². The minimum absolute atomic E-state index is 0.322. The Hall–Kier alpha value is -1.48. The number of aliphatic carboxylic acids is 1. The summed E-state index contributed by atoms with van der Waals surface area (Å²) in [5, 5.41) is 10.7. The third-order valence-electron chi connectivity index (χ3n) is 1.92. The van der Waals surface area contributed by atoms with Crippen molar-refractivity contribution in [3.05, 3.63) is 46.9 Å². The van der Waals surface area contributed by atoms with Gasteiger partial charge in [-0.25, -0.2) is 4.79 Å². The van der Waals surface area contributed by atoms with Gasteiger partial charge >= 0.3 is 5.97 Å². The summed E-state index contributed by atoms with van der Waals surface area (Å²) in [7, 11) is 0. The molecule has 0 fully saturated rings. The molecule has 2 nitrogen and oxygen atoms in total.